The standard InChI is InChI=1S/C19H25N5O2S/c1-19(2)14-15(22-9-23-18(14)21)16-12(17(19)24-25-3)8-13(27-16)26-11-6-4-10(20)5-7-11/h8-11H,4-7,20H2,1-3H3,(H2,21,22,23)/b24-17+. The highest BCUT2D eigenvalue weighted by Gasteiger charge is 2.42. The van der Waals surface area contributed by atoms with E-state index in [-0.39, 0.29) is 6.10 Å². The molecule has 2 aromatic heterocycles. The Kier molecular flexibility index (Phi) is 4.55. The minimum atomic E-state index is -0.473. The summed E-state index contributed by atoms with van der Waals surface area (Å²) in [7, 11) is 1.55. The Morgan fingerprint density at radius 3 is 2.67 bits per heavy atom. The highest BCUT2D eigenvalue weighted by Crippen LogP contribution is 2.49. The number of rotatable bonds is 3. The van der Waals surface area contributed by atoms with Crippen molar-refractivity contribution in [3.05, 3.63) is 23.5 Å². The van der Waals surface area contributed by atoms with Gasteiger partial charge in [-0.15, -0.1) is 0 Å². The van der Waals surface area contributed by atoms with Gasteiger partial charge in [-0.1, -0.05) is 16.5 Å². The third-order valence-corrected chi connectivity index (χ3v) is 6.49. The Hall–Kier alpha value is -2.19. The molecule has 2 aromatic rings. The summed E-state index contributed by atoms with van der Waals surface area (Å²) >= 11 is 1.58. The van der Waals surface area contributed by atoms with Gasteiger partial charge in [0.15, 0.2) is 5.06 Å². The fourth-order valence-corrected chi connectivity index (χ4v) is 5.13. The van der Waals surface area contributed by atoms with E-state index in [0.717, 1.165) is 58.2 Å². The van der Waals surface area contributed by atoms with Crippen LogP contribution in [0.3, 0.4) is 0 Å². The molecule has 1 fully saturated rings. The quantitative estimate of drug-likeness (QED) is 0.784. The number of nitrogens with two attached hydrogens (primary N) is 2. The highest BCUT2D eigenvalue weighted by atomic mass is 32.1. The molecule has 7 nitrogen and oxygen atoms in total. The number of nitrogens with zero attached hydrogens (tertiary/aromatic N) is 3. The summed E-state index contributed by atoms with van der Waals surface area (Å²) < 4.78 is 6.29. The third-order valence-electron chi connectivity index (χ3n) is 5.46. The third kappa shape index (κ3) is 3.06. The van der Waals surface area contributed by atoms with Gasteiger partial charge >= 0.3 is 0 Å². The van der Waals surface area contributed by atoms with E-state index in [1.165, 1.54) is 6.33 Å². The van der Waals surface area contributed by atoms with Crippen LogP contribution in [0.5, 0.6) is 5.06 Å². The van der Waals surface area contributed by atoms with Gasteiger partial charge in [-0.25, -0.2) is 9.97 Å². The second kappa shape index (κ2) is 6.76. The number of hydrogen-bond donors (Lipinski definition) is 2. The maximum atomic E-state index is 6.29. The monoisotopic (exact) mass is 387 g/mol. The number of aromatic nitrogens is 2. The second-order valence-corrected chi connectivity index (χ2v) is 8.71. The number of thiophene rings is 1. The van der Waals surface area contributed by atoms with Crippen LogP contribution in [0.15, 0.2) is 17.5 Å². The van der Waals surface area contributed by atoms with E-state index in [1.807, 2.05) is 0 Å². The molecule has 144 valence electrons. The normalized spacial score (nSPS) is 25.0. The summed E-state index contributed by atoms with van der Waals surface area (Å²) in [5, 5.41) is 5.19. The molecular formula is C19H25N5O2S. The maximum absolute atomic E-state index is 6.29. The largest absolute Gasteiger partial charge is 0.481 e. The number of ether oxygens (including phenoxy) is 1. The minimum Gasteiger partial charge on any atom is -0.481 e. The molecule has 2 aliphatic rings. The molecular weight excluding hydrogens is 362 g/mol. The van der Waals surface area contributed by atoms with Gasteiger partial charge in [0.2, 0.25) is 0 Å². The van der Waals surface area contributed by atoms with Gasteiger partial charge in [0.25, 0.3) is 0 Å². The zero-order chi connectivity index (χ0) is 19.2. The molecule has 4 rings (SSSR count). The fourth-order valence-electron chi connectivity index (χ4n) is 4.05. The Labute approximate surface area is 162 Å². The second-order valence-electron chi connectivity index (χ2n) is 7.69. The average Bonchev–Trinajstić information content (AvgIpc) is 3.04. The van der Waals surface area contributed by atoms with Crippen molar-refractivity contribution < 1.29 is 9.57 Å². The summed E-state index contributed by atoms with van der Waals surface area (Å²) in [4.78, 5) is 14.9. The SMILES string of the molecule is CO/N=C1\c2cc(OC3CCC(N)CC3)sc2-c2ncnc(N)c2C1(C)C. The summed E-state index contributed by atoms with van der Waals surface area (Å²) in [5.74, 6) is 0.469. The molecule has 8 heteroatoms. The summed E-state index contributed by atoms with van der Waals surface area (Å²) in [6.45, 7) is 4.13. The first-order valence-electron chi connectivity index (χ1n) is 9.21. The van der Waals surface area contributed by atoms with Crippen molar-refractivity contribution in [3.63, 3.8) is 0 Å². The average molecular weight is 388 g/mol. The zero-order valence-corrected chi connectivity index (χ0v) is 16.7. The number of oxime groups is 1. The number of hydrogen-bond acceptors (Lipinski definition) is 8. The van der Waals surface area contributed by atoms with Crippen LogP contribution in [0.2, 0.25) is 0 Å². The van der Waals surface area contributed by atoms with Gasteiger partial charge in [0.1, 0.15) is 19.3 Å². The van der Waals surface area contributed by atoms with Crippen molar-refractivity contribution in [3.8, 4) is 15.6 Å². The van der Waals surface area contributed by atoms with E-state index in [9.17, 15) is 0 Å². The van der Waals surface area contributed by atoms with Crippen LogP contribution in [-0.2, 0) is 10.3 Å². The predicted molar refractivity (Wildman–Crippen MR) is 107 cm³/mol. The first-order chi connectivity index (χ1) is 12.9. The predicted octanol–water partition coefficient (Wildman–Crippen LogP) is 3.08. The molecule has 0 unspecified atom stereocenters. The van der Waals surface area contributed by atoms with Gasteiger partial charge < -0.3 is 21.0 Å². The molecule has 0 saturated heterocycles. The molecule has 0 radical (unpaired) electrons. The first-order valence-corrected chi connectivity index (χ1v) is 10.0. The Balaban J connectivity index is 1.77. The van der Waals surface area contributed by atoms with Crippen molar-refractivity contribution in [2.75, 3.05) is 12.8 Å². The smallest absolute Gasteiger partial charge is 0.175 e. The molecule has 2 heterocycles. The van der Waals surface area contributed by atoms with Gasteiger partial charge in [0.05, 0.1) is 22.4 Å². The highest BCUT2D eigenvalue weighted by molar-refractivity contribution is 7.17. The minimum absolute atomic E-state index is 0.204. The lowest BCUT2D eigenvalue weighted by Crippen LogP contribution is -2.35. The Morgan fingerprint density at radius 2 is 1.96 bits per heavy atom. The summed E-state index contributed by atoms with van der Waals surface area (Å²) in [6.07, 6.45) is 5.70. The van der Waals surface area contributed by atoms with E-state index >= 15 is 0 Å². The molecule has 0 amide bonds. The van der Waals surface area contributed by atoms with Crippen molar-refractivity contribution in [2.24, 2.45) is 10.9 Å². The number of nitrogen functional groups attached to an aromatic ring is 1. The number of anilines is 1. The van der Waals surface area contributed by atoms with E-state index in [1.54, 1.807) is 18.4 Å². The van der Waals surface area contributed by atoms with Crippen molar-refractivity contribution in [1.29, 1.82) is 0 Å². The molecule has 0 atom stereocenters. The molecule has 1 saturated carbocycles. The maximum Gasteiger partial charge on any atom is 0.175 e. The molecule has 0 aliphatic heterocycles. The lowest BCUT2D eigenvalue weighted by molar-refractivity contribution is 0.152. The lowest BCUT2D eigenvalue weighted by Gasteiger charge is -2.32. The van der Waals surface area contributed by atoms with Crippen LogP contribution in [0.1, 0.15) is 50.7 Å². The van der Waals surface area contributed by atoms with E-state index in [0.29, 0.717) is 11.9 Å². The first kappa shape index (κ1) is 18.2. The van der Waals surface area contributed by atoms with E-state index < -0.39 is 5.41 Å². The van der Waals surface area contributed by atoms with Crippen LogP contribution in [0.25, 0.3) is 10.6 Å². The molecule has 2 aliphatic carbocycles. The van der Waals surface area contributed by atoms with Crippen LogP contribution in [0.4, 0.5) is 5.82 Å². The van der Waals surface area contributed by atoms with Gasteiger partial charge in [-0.05, 0) is 39.5 Å². The summed E-state index contributed by atoms with van der Waals surface area (Å²) in [5.41, 5.74) is 15.3. The molecule has 27 heavy (non-hydrogen) atoms. The molecule has 0 spiro atoms. The van der Waals surface area contributed by atoms with Gasteiger partial charge in [-0.2, -0.15) is 0 Å². The van der Waals surface area contributed by atoms with E-state index in [4.69, 9.17) is 21.0 Å². The topological polar surface area (TPSA) is 109 Å². The van der Waals surface area contributed by atoms with Crippen molar-refractivity contribution in [1.82, 2.24) is 9.97 Å². The van der Waals surface area contributed by atoms with Crippen LogP contribution in [-0.4, -0.2) is 34.9 Å². The van der Waals surface area contributed by atoms with Gasteiger partial charge in [0, 0.05) is 28.7 Å². The van der Waals surface area contributed by atoms with Crippen molar-refractivity contribution >= 4 is 22.9 Å². The summed E-state index contributed by atoms with van der Waals surface area (Å²) in [6, 6.07) is 2.35. The Bertz CT molecular complexity index is 884. The number of fused-ring (bicyclic) bond motifs is 3. The molecule has 4 N–H and O–H groups in total. The van der Waals surface area contributed by atoms with Crippen LogP contribution >= 0.6 is 11.3 Å². The van der Waals surface area contributed by atoms with Crippen molar-refractivity contribution in [2.45, 2.75) is 57.1 Å². The zero-order valence-electron chi connectivity index (χ0n) is 15.9. The lowest BCUT2D eigenvalue weighted by atomic mass is 9.72. The van der Waals surface area contributed by atoms with Gasteiger partial charge in [-0.3, -0.25) is 0 Å². The Morgan fingerprint density at radius 1 is 1.22 bits per heavy atom. The fraction of sp³-hybridized carbons (Fsp3) is 0.526. The van der Waals surface area contributed by atoms with Crippen LogP contribution < -0.4 is 16.2 Å². The molecule has 0 bridgehead atoms. The van der Waals surface area contributed by atoms with Crippen LogP contribution in [0, 0.1) is 0 Å². The molecule has 0 aromatic carbocycles. The van der Waals surface area contributed by atoms with E-state index in [2.05, 4.69) is 35.0 Å².